The first-order chi connectivity index (χ1) is 8.38. The van der Waals surface area contributed by atoms with E-state index in [4.69, 9.17) is 0 Å². The van der Waals surface area contributed by atoms with Gasteiger partial charge >= 0.3 is 0 Å². The molecule has 1 aromatic heterocycles. The molecule has 1 aromatic carbocycles. The van der Waals surface area contributed by atoms with Crippen molar-refractivity contribution < 1.29 is 4.79 Å². The van der Waals surface area contributed by atoms with Gasteiger partial charge in [0, 0.05) is 17.7 Å². The first-order valence-electron chi connectivity index (χ1n) is 5.69. The molecule has 0 aliphatic carbocycles. The average molecular weight is 227 g/mol. The first kappa shape index (κ1) is 10.1. The molecule has 0 radical (unpaired) electrons. The summed E-state index contributed by atoms with van der Waals surface area (Å²) in [4.78, 5) is 12.5. The predicted octanol–water partition coefficient (Wildman–Crippen LogP) is 1.59. The average Bonchev–Trinajstić information content (AvgIpc) is 2.82. The van der Waals surface area contributed by atoms with Crippen molar-refractivity contribution in [2.45, 2.75) is 13.0 Å². The third-order valence-corrected chi connectivity index (χ3v) is 3.16. The zero-order valence-electron chi connectivity index (χ0n) is 9.39. The Morgan fingerprint density at radius 2 is 2.12 bits per heavy atom. The highest BCUT2D eigenvalue weighted by atomic mass is 16.1. The molecule has 1 aliphatic heterocycles. The smallest absolute Gasteiger partial charge is 0.210 e. The Balaban J connectivity index is 2.00. The standard InChI is InChI=1S/C13H13N3O/c17-9-16-7-6-11-12(8-16)14-15-13(11)10-4-2-1-3-5-10/h1-5,9H,6-8H2,(H,14,15). The van der Waals surface area contributed by atoms with Crippen molar-refractivity contribution in [3.05, 3.63) is 41.6 Å². The molecule has 0 saturated heterocycles. The van der Waals surface area contributed by atoms with E-state index in [0.29, 0.717) is 6.54 Å². The van der Waals surface area contributed by atoms with Crippen LogP contribution in [0.5, 0.6) is 0 Å². The molecular weight excluding hydrogens is 214 g/mol. The molecule has 4 nitrogen and oxygen atoms in total. The van der Waals surface area contributed by atoms with Crippen LogP contribution < -0.4 is 0 Å². The Bertz CT molecular complexity index is 533. The maximum atomic E-state index is 10.7. The van der Waals surface area contributed by atoms with Gasteiger partial charge in [-0.2, -0.15) is 5.10 Å². The number of nitrogens with zero attached hydrogens (tertiary/aromatic N) is 2. The SMILES string of the molecule is O=CN1CCc2c(-c3ccccc3)n[nH]c2C1. The van der Waals surface area contributed by atoms with Gasteiger partial charge in [0.15, 0.2) is 0 Å². The number of amides is 1. The van der Waals surface area contributed by atoms with Gasteiger partial charge in [0.2, 0.25) is 6.41 Å². The maximum Gasteiger partial charge on any atom is 0.210 e. The highest BCUT2D eigenvalue weighted by Gasteiger charge is 2.21. The zero-order valence-corrected chi connectivity index (χ0v) is 9.39. The summed E-state index contributed by atoms with van der Waals surface area (Å²) in [5.41, 5.74) is 4.45. The molecule has 1 aliphatic rings. The minimum absolute atomic E-state index is 0.638. The van der Waals surface area contributed by atoms with Crippen LogP contribution in [0.1, 0.15) is 11.3 Å². The van der Waals surface area contributed by atoms with Crippen LogP contribution in [-0.4, -0.2) is 28.1 Å². The van der Waals surface area contributed by atoms with E-state index in [1.165, 1.54) is 5.56 Å². The Labute approximate surface area is 99.3 Å². The van der Waals surface area contributed by atoms with Gasteiger partial charge < -0.3 is 4.90 Å². The van der Waals surface area contributed by atoms with Crippen LogP contribution in [-0.2, 0) is 17.8 Å². The van der Waals surface area contributed by atoms with Crippen molar-refractivity contribution in [2.24, 2.45) is 0 Å². The van der Waals surface area contributed by atoms with E-state index in [9.17, 15) is 4.79 Å². The van der Waals surface area contributed by atoms with E-state index >= 15 is 0 Å². The maximum absolute atomic E-state index is 10.7. The molecule has 3 rings (SSSR count). The van der Waals surface area contributed by atoms with E-state index in [-0.39, 0.29) is 0 Å². The molecule has 0 bridgehead atoms. The second-order valence-corrected chi connectivity index (χ2v) is 4.22. The number of H-pyrrole nitrogens is 1. The van der Waals surface area contributed by atoms with Crippen LogP contribution in [0.2, 0.25) is 0 Å². The molecule has 2 aromatic rings. The minimum Gasteiger partial charge on any atom is -0.339 e. The third-order valence-electron chi connectivity index (χ3n) is 3.16. The quantitative estimate of drug-likeness (QED) is 0.792. The van der Waals surface area contributed by atoms with Crippen LogP contribution >= 0.6 is 0 Å². The summed E-state index contributed by atoms with van der Waals surface area (Å²) in [6.45, 7) is 1.41. The van der Waals surface area contributed by atoms with Gasteiger partial charge in [-0.1, -0.05) is 30.3 Å². The first-order valence-corrected chi connectivity index (χ1v) is 5.69. The summed E-state index contributed by atoms with van der Waals surface area (Å²) < 4.78 is 0. The lowest BCUT2D eigenvalue weighted by Gasteiger charge is -2.22. The number of carbonyl (C=O) groups is 1. The Hall–Kier alpha value is -2.10. The summed E-state index contributed by atoms with van der Waals surface area (Å²) in [5, 5.41) is 7.41. The van der Waals surface area contributed by atoms with Crippen LogP contribution in [0.25, 0.3) is 11.3 Å². The molecule has 0 saturated carbocycles. The number of rotatable bonds is 2. The minimum atomic E-state index is 0.638. The predicted molar refractivity (Wildman–Crippen MR) is 64.2 cm³/mol. The van der Waals surface area contributed by atoms with Gasteiger partial charge in [0.1, 0.15) is 0 Å². The number of benzene rings is 1. The summed E-state index contributed by atoms with van der Waals surface area (Å²) >= 11 is 0. The van der Waals surface area contributed by atoms with Crippen LogP contribution in [0.15, 0.2) is 30.3 Å². The number of carbonyl (C=O) groups excluding carboxylic acids is 1. The Kier molecular flexibility index (Phi) is 2.40. The second kappa shape index (κ2) is 4.05. The summed E-state index contributed by atoms with van der Waals surface area (Å²) in [6.07, 6.45) is 1.76. The molecule has 86 valence electrons. The van der Waals surface area contributed by atoms with Crippen molar-refractivity contribution in [1.29, 1.82) is 0 Å². The van der Waals surface area contributed by atoms with E-state index in [2.05, 4.69) is 22.3 Å². The third kappa shape index (κ3) is 1.71. The molecule has 1 N–H and O–H groups in total. The van der Waals surface area contributed by atoms with E-state index < -0.39 is 0 Å². The lowest BCUT2D eigenvalue weighted by Crippen LogP contribution is -2.28. The largest absolute Gasteiger partial charge is 0.339 e. The van der Waals surface area contributed by atoms with Crippen molar-refractivity contribution >= 4 is 6.41 Å². The van der Waals surface area contributed by atoms with Gasteiger partial charge in [-0.3, -0.25) is 9.89 Å². The van der Waals surface area contributed by atoms with E-state index in [0.717, 1.165) is 36.3 Å². The highest BCUT2D eigenvalue weighted by Crippen LogP contribution is 2.27. The topological polar surface area (TPSA) is 49.0 Å². The van der Waals surface area contributed by atoms with E-state index in [1.54, 1.807) is 4.90 Å². The van der Waals surface area contributed by atoms with Crippen molar-refractivity contribution in [1.82, 2.24) is 15.1 Å². The molecule has 0 atom stereocenters. The second-order valence-electron chi connectivity index (χ2n) is 4.22. The van der Waals surface area contributed by atoms with Crippen LogP contribution in [0.4, 0.5) is 0 Å². The van der Waals surface area contributed by atoms with Crippen LogP contribution in [0, 0.1) is 0 Å². The van der Waals surface area contributed by atoms with Gasteiger partial charge in [0.05, 0.1) is 17.9 Å². The molecule has 0 fully saturated rings. The number of nitrogens with one attached hydrogen (secondary N) is 1. The molecule has 1 amide bonds. The number of aromatic amines is 1. The van der Waals surface area contributed by atoms with Gasteiger partial charge in [0.25, 0.3) is 0 Å². The lowest BCUT2D eigenvalue weighted by molar-refractivity contribution is -0.118. The molecule has 0 spiro atoms. The normalized spacial score (nSPS) is 14.5. The number of fused-ring (bicyclic) bond motifs is 1. The van der Waals surface area contributed by atoms with Gasteiger partial charge in [-0.05, 0) is 6.42 Å². The molecule has 17 heavy (non-hydrogen) atoms. The molecule has 0 unspecified atom stereocenters. The Morgan fingerprint density at radius 3 is 2.88 bits per heavy atom. The van der Waals surface area contributed by atoms with Crippen molar-refractivity contribution in [2.75, 3.05) is 6.54 Å². The lowest BCUT2D eigenvalue weighted by atomic mass is 10.0. The number of hydrogen-bond acceptors (Lipinski definition) is 2. The summed E-state index contributed by atoms with van der Waals surface area (Å²) in [5.74, 6) is 0. The highest BCUT2D eigenvalue weighted by molar-refractivity contribution is 5.64. The van der Waals surface area contributed by atoms with E-state index in [1.807, 2.05) is 18.2 Å². The fraction of sp³-hybridized carbons (Fsp3) is 0.231. The summed E-state index contributed by atoms with van der Waals surface area (Å²) in [7, 11) is 0. The Morgan fingerprint density at radius 1 is 1.29 bits per heavy atom. The zero-order chi connectivity index (χ0) is 11.7. The van der Waals surface area contributed by atoms with Crippen molar-refractivity contribution in [3.63, 3.8) is 0 Å². The number of hydrogen-bond donors (Lipinski definition) is 1. The molecule has 2 heterocycles. The van der Waals surface area contributed by atoms with Crippen molar-refractivity contribution in [3.8, 4) is 11.3 Å². The number of aromatic nitrogens is 2. The van der Waals surface area contributed by atoms with Gasteiger partial charge in [-0.15, -0.1) is 0 Å². The fourth-order valence-electron chi connectivity index (χ4n) is 2.26. The molecule has 4 heteroatoms. The monoisotopic (exact) mass is 227 g/mol. The fourth-order valence-corrected chi connectivity index (χ4v) is 2.26. The van der Waals surface area contributed by atoms with Crippen LogP contribution in [0.3, 0.4) is 0 Å². The van der Waals surface area contributed by atoms with Gasteiger partial charge in [-0.25, -0.2) is 0 Å². The molecular formula is C13H13N3O. The summed E-state index contributed by atoms with van der Waals surface area (Å²) in [6, 6.07) is 10.1.